The van der Waals surface area contributed by atoms with E-state index in [1.807, 2.05) is 36.5 Å². The van der Waals surface area contributed by atoms with Crippen LogP contribution in [0.15, 0.2) is 48.7 Å². The van der Waals surface area contributed by atoms with Crippen LogP contribution in [0.3, 0.4) is 0 Å². The second-order valence-electron chi connectivity index (χ2n) is 7.20. The predicted molar refractivity (Wildman–Crippen MR) is 111 cm³/mol. The van der Waals surface area contributed by atoms with Crippen molar-refractivity contribution in [1.29, 1.82) is 0 Å². The standard InChI is InChI=1S/C23H23N3S/c1-17(2)23-24-14-19-15-26(13-12-22(19)25-23)16-21-11-10-20(27-21)9-8-18-6-4-3-5-7-18/h3-7,10-11,14,17H,12-13,15-16H2,1-2H3. The Morgan fingerprint density at radius 1 is 1.11 bits per heavy atom. The molecule has 1 aliphatic heterocycles. The zero-order chi connectivity index (χ0) is 18.6. The van der Waals surface area contributed by atoms with Gasteiger partial charge in [0.05, 0.1) is 4.88 Å². The van der Waals surface area contributed by atoms with E-state index in [-0.39, 0.29) is 0 Å². The molecule has 4 rings (SSSR count). The van der Waals surface area contributed by atoms with Gasteiger partial charge in [0.25, 0.3) is 0 Å². The molecule has 27 heavy (non-hydrogen) atoms. The van der Waals surface area contributed by atoms with Gasteiger partial charge in [-0.25, -0.2) is 9.97 Å². The second kappa shape index (κ2) is 8.04. The number of hydrogen-bond donors (Lipinski definition) is 0. The number of fused-ring (bicyclic) bond motifs is 1. The minimum atomic E-state index is 0.384. The van der Waals surface area contributed by atoms with Crippen LogP contribution in [0, 0.1) is 11.8 Å². The fraction of sp³-hybridized carbons (Fsp3) is 0.304. The first-order valence-electron chi connectivity index (χ1n) is 9.40. The monoisotopic (exact) mass is 373 g/mol. The number of thiophene rings is 1. The zero-order valence-corrected chi connectivity index (χ0v) is 16.6. The number of aromatic nitrogens is 2. The zero-order valence-electron chi connectivity index (χ0n) is 15.8. The molecule has 4 heteroatoms. The summed E-state index contributed by atoms with van der Waals surface area (Å²) >= 11 is 1.79. The Balaban J connectivity index is 1.41. The summed E-state index contributed by atoms with van der Waals surface area (Å²) < 4.78 is 0. The highest BCUT2D eigenvalue weighted by Gasteiger charge is 2.19. The summed E-state index contributed by atoms with van der Waals surface area (Å²) in [4.78, 5) is 14.2. The molecular weight excluding hydrogens is 350 g/mol. The molecule has 0 bridgehead atoms. The quantitative estimate of drug-likeness (QED) is 0.627. The summed E-state index contributed by atoms with van der Waals surface area (Å²) in [7, 11) is 0. The average molecular weight is 374 g/mol. The maximum Gasteiger partial charge on any atom is 0.131 e. The van der Waals surface area contributed by atoms with Crippen LogP contribution in [0.4, 0.5) is 0 Å². The molecule has 0 saturated carbocycles. The highest BCUT2D eigenvalue weighted by atomic mass is 32.1. The predicted octanol–water partition coefficient (Wildman–Crippen LogP) is 4.62. The van der Waals surface area contributed by atoms with Crippen molar-refractivity contribution in [2.45, 2.75) is 39.3 Å². The molecule has 136 valence electrons. The van der Waals surface area contributed by atoms with E-state index in [2.05, 4.69) is 47.7 Å². The minimum Gasteiger partial charge on any atom is -0.293 e. The van der Waals surface area contributed by atoms with Gasteiger partial charge in [-0.15, -0.1) is 11.3 Å². The maximum atomic E-state index is 4.76. The Morgan fingerprint density at radius 3 is 2.78 bits per heavy atom. The summed E-state index contributed by atoms with van der Waals surface area (Å²) in [6.07, 6.45) is 3.03. The van der Waals surface area contributed by atoms with Gasteiger partial charge in [-0.1, -0.05) is 43.9 Å². The van der Waals surface area contributed by atoms with Gasteiger partial charge in [-0.3, -0.25) is 4.90 Å². The van der Waals surface area contributed by atoms with Gasteiger partial charge >= 0.3 is 0 Å². The highest BCUT2D eigenvalue weighted by Crippen LogP contribution is 2.23. The molecule has 0 atom stereocenters. The van der Waals surface area contributed by atoms with Crippen LogP contribution in [0.1, 0.15) is 52.2 Å². The van der Waals surface area contributed by atoms with Crippen molar-refractivity contribution in [2.24, 2.45) is 0 Å². The van der Waals surface area contributed by atoms with Crippen molar-refractivity contribution >= 4 is 11.3 Å². The Bertz CT molecular complexity index is 980. The average Bonchev–Trinajstić information content (AvgIpc) is 3.14. The van der Waals surface area contributed by atoms with Crippen LogP contribution in [0.5, 0.6) is 0 Å². The number of nitrogens with zero attached hydrogens (tertiary/aromatic N) is 3. The molecule has 0 unspecified atom stereocenters. The first-order valence-corrected chi connectivity index (χ1v) is 10.2. The molecule has 3 nitrogen and oxygen atoms in total. The topological polar surface area (TPSA) is 29.0 Å². The number of hydrogen-bond acceptors (Lipinski definition) is 4. The fourth-order valence-corrected chi connectivity index (χ4v) is 4.11. The van der Waals surface area contributed by atoms with Crippen LogP contribution in [0.25, 0.3) is 0 Å². The Kier molecular flexibility index (Phi) is 5.33. The molecule has 0 spiro atoms. The van der Waals surface area contributed by atoms with Crippen molar-refractivity contribution in [2.75, 3.05) is 6.54 Å². The summed E-state index contributed by atoms with van der Waals surface area (Å²) in [5.41, 5.74) is 3.55. The number of rotatable bonds is 3. The molecule has 0 amide bonds. The summed E-state index contributed by atoms with van der Waals surface area (Å²) in [5.74, 6) is 7.86. The Hall–Kier alpha value is -2.48. The molecule has 0 aliphatic carbocycles. The molecule has 0 fully saturated rings. The third-order valence-corrected chi connectivity index (χ3v) is 5.68. The van der Waals surface area contributed by atoms with Gasteiger partial charge in [0, 0.05) is 59.9 Å². The molecule has 2 aromatic heterocycles. The van der Waals surface area contributed by atoms with Crippen LogP contribution in [-0.2, 0) is 19.5 Å². The third-order valence-electron chi connectivity index (χ3n) is 4.69. The third kappa shape index (κ3) is 4.44. The van der Waals surface area contributed by atoms with Crippen LogP contribution >= 0.6 is 11.3 Å². The van der Waals surface area contributed by atoms with E-state index >= 15 is 0 Å². The summed E-state index contributed by atoms with van der Waals surface area (Å²) in [6.45, 7) is 7.22. The largest absolute Gasteiger partial charge is 0.293 e. The van der Waals surface area contributed by atoms with Gasteiger partial charge in [0.1, 0.15) is 5.82 Å². The summed E-state index contributed by atoms with van der Waals surface area (Å²) in [6, 6.07) is 14.5. The van der Waals surface area contributed by atoms with Crippen molar-refractivity contribution in [3.05, 3.63) is 81.1 Å². The molecule has 1 aliphatic rings. The molecule has 3 aromatic rings. The van der Waals surface area contributed by atoms with Crippen molar-refractivity contribution in [3.63, 3.8) is 0 Å². The van der Waals surface area contributed by atoms with E-state index in [4.69, 9.17) is 4.98 Å². The van der Waals surface area contributed by atoms with Gasteiger partial charge in [-0.05, 0) is 24.3 Å². The highest BCUT2D eigenvalue weighted by molar-refractivity contribution is 7.12. The molecule has 0 radical (unpaired) electrons. The number of benzene rings is 1. The normalized spacial score (nSPS) is 13.9. The molecule has 0 N–H and O–H groups in total. The molecule has 3 heterocycles. The van der Waals surface area contributed by atoms with E-state index in [1.165, 1.54) is 16.1 Å². The van der Waals surface area contributed by atoms with Crippen molar-refractivity contribution in [3.8, 4) is 11.8 Å². The van der Waals surface area contributed by atoms with Crippen LogP contribution < -0.4 is 0 Å². The van der Waals surface area contributed by atoms with E-state index in [0.29, 0.717) is 5.92 Å². The lowest BCUT2D eigenvalue weighted by molar-refractivity contribution is 0.244. The van der Waals surface area contributed by atoms with Gasteiger partial charge in [-0.2, -0.15) is 0 Å². The van der Waals surface area contributed by atoms with E-state index < -0.39 is 0 Å². The Morgan fingerprint density at radius 2 is 1.96 bits per heavy atom. The van der Waals surface area contributed by atoms with Crippen molar-refractivity contribution < 1.29 is 0 Å². The first-order chi connectivity index (χ1) is 13.2. The lowest BCUT2D eigenvalue weighted by atomic mass is 10.1. The van der Waals surface area contributed by atoms with E-state index in [0.717, 1.165) is 42.3 Å². The molecule has 1 aromatic carbocycles. The van der Waals surface area contributed by atoms with Gasteiger partial charge < -0.3 is 0 Å². The summed E-state index contributed by atoms with van der Waals surface area (Å²) in [5, 5.41) is 0. The smallest absolute Gasteiger partial charge is 0.131 e. The van der Waals surface area contributed by atoms with Crippen LogP contribution in [0.2, 0.25) is 0 Å². The Labute approximate surface area is 165 Å². The maximum absolute atomic E-state index is 4.76. The van der Waals surface area contributed by atoms with E-state index in [9.17, 15) is 0 Å². The lowest BCUT2D eigenvalue weighted by Gasteiger charge is -2.27. The molecular formula is C23H23N3S. The van der Waals surface area contributed by atoms with Gasteiger partial charge in [0.2, 0.25) is 0 Å². The van der Waals surface area contributed by atoms with E-state index in [1.54, 1.807) is 11.3 Å². The first kappa shape index (κ1) is 17.9. The van der Waals surface area contributed by atoms with Gasteiger partial charge in [0.15, 0.2) is 0 Å². The lowest BCUT2D eigenvalue weighted by Crippen LogP contribution is -2.30. The van der Waals surface area contributed by atoms with Crippen molar-refractivity contribution in [1.82, 2.24) is 14.9 Å². The fourth-order valence-electron chi connectivity index (χ4n) is 3.21. The molecule has 0 saturated heterocycles. The second-order valence-corrected chi connectivity index (χ2v) is 8.37. The SMILES string of the molecule is CC(C)c1ncc2c(n1)CCN(Cc1ccc(C#Cc3ccccc3)s1)C2. The minimum absolute atomic E-state index is 0.384. The van der Waals surface area contributed by atoms with Crippen LogP contribution in [-0.4, -0.2) is 21.4 Å².